The summed E-state index contributed by atoms with van der Waals surface area (Å²) in [6.45, 7) is 0. The van der Waals surface area contributed by atoms with Crippen molar-refractivity contribution in [3.05, 3.63) is 30.1 Å². The molecule has 0 amide bonds. The molecule has 1 aromatic heterocycles. The number of hydrogen-bond donors (Lipinski definition) is 1. The molecule has 17 heavy (non-hydrogen) atoms. The van der Waals surface area contributed by atoms with Gasteiger partial charge in [0.25, 0.3) is 0 Å². The molecule has 0 bridgehead atoms. The zero-order valence-electron chi connectivity index (χ0n) is 10.3. The summed E-state index contributed by atoms with van der Waals surface area (Å²) >= 11 is 0. The molecule has 2 aliphatic carbocycles. The number of aromatic nitrogens is 1. The van der Waals surface area contributed by atoms with Crippen LogP contribution in [0.5, 0.6) is 0 Å². The molecule has 0 spiro atoms. The lowest BCUT2D eigenvalue weighted by atomic mass is 9.74. The van der Waals surface area contributed by atoms with E-state index in [1.165, 1.54) is 25.7 Å². The molecule has 1 heterocycles. The third kappa shape index (κ3) is 2.68. The quantitative estimate of drug-likeness (QED) is 0.867. The second-order valence-corrected chi connectivity index (χ2v) is 5.92. The number of rotatable bonds is 3. The van der Waals surface area contributed by atoms with Crippen molar-refractivity contribution in [2.24, 2.45) is 11.8 Å². The van der Waals surface area contributed by atoms with Gasteiger partial charge in [0.05, 0.1) is 5.60 Å². The Bertz CT molecular complexity index is 374. The second kappa shape index (κ2) is 4.41. The maximum atomic E-state index is 10.7. The van der Waals surface area contributed by atoms with E-state index in [0.29, 0.717) is 0 Å². The first-order valence-electron chi connectivity index (χ1n) is 6.87. The molecule has 0 saturated heterocycles. The molecule has 2 aliphatic rings. The van der Waals surface area contributed by atoms with Crippen molar-refractivity contribution in [1.29, 1.82) is 0 Å². The van der Waals surface area contributed by atoms with Crippen LogP contribution in [-0.4, -0.2) is 15.7 Å². The van der Waals surface area contributed by atoms with E-state index in [1.54, 1.807) is 0 Å². The van der Waals surface area contributed by atoms with E-state index in [1.807, 2.05) is 24.4 Å². The molecule has 2 nitrogen and oxygen atoms in total. The molecule has 2 atom stereocenters. The van der Waals surface area contributed by atoms with E-state index in [0.717, 1.165) is 36.8 Å². The Morgan fingerprint density at radius 3 is 2.82 bits per heavy atom. The minimum absolute atomic E-state index is 0.486. The topological polar surface area (TPSA) is 33.1 Å². The van der Waals surface area contributed by atoms with E-state index >= 15 is 0 Å². The summed E-state index contributed by atoms with van der Waals surface area (Å²) in [5.74, 6) is 1.70. The van der Waals surface area contributed by atoms with Crippen LogP contribution in [0.4, 0.5) is 0 Å². The average Bonchev–Trinajstić information content (AvgIpc) is 3.13. The van der Waals surface area contributed by atoms with Crippen LogP contribution in [-0.2, 0) is 6.42 Å². The Balaban J connectivity index is 1.67. The Hall–Kier alpha value is -0.890. The second-order valence-electron chi connectivity index (χ2n) is 5.92. The van der Waals surface area contributed by atoms with Crippen LogP contribution in [0.3, 0.4) is 0 Å². The van der Waals surface area contributed by atoms with Crippen LogP contribution in [0, 0.1) is 11.8 Å². The van der Waals surface area contributed by atoms with Crippen LogP contribution in [0.25, 0.3) is 0 Å². The summed E-state index contributed by atoms with van der Waals surface area (Å²) in [5.41, 5.74) is 0.547. The molecule has 1 aromatic rings. The molecule has 2 saturated carbocycles. The fraction of sp³-hybridized carbons (Fsp3) is 0.667. The smallest absolute Gasteiger partial charge is 0.0705 e. The van der Waals surface area contributed by atoms with E-state index in [2.05, 4.69) is 4.98 Å². The summed E-state index contributed by atoms with van der Waals surface area (Å²) in [6.07, 6.45) is 9.80. The Morgan fingerprint density at radius 2 is 2.12 bits per heavy atom. The summed E-state index contributed by atoms with van der Waals surface area (Å²) in [6, 6.07) is 5.97. The van der Waals surface area contributed by atoms with Gasteiger partial charge >= 0.3 is 0 Å². The van der Waals surface area contributed by atoms with Gasteiger partial charge in [-0.15, -0.1) is 0 Å². The van der Waals surface area contributed by atoms with Crippen molar-refractivity contribution in [1.82, 2.24) is 4.98 Å². The Labute approximate surface area is 103 Å². The van der Waals surface area contributed by atoms with Crippen molar-refractivity contribution in [3.63, 3.8) is 0 Å². The minimum atomic E-state index is -0.486. The van der Waals surface area contributed by atoms with Crippen molar-refractivity contribution < 1.29 is 5.11 Å². The first kappa shape index (κ1) is 11.2. The normalized spacial score (nSPS) is 33.6. The van der Waals surface area contributed by atoms with E-state index in [4.69, 9.17) is 0 Å². The number of hydrogen-bond acceptors (Lipinski definition) is 2. The third-order valence-electron chi connectivity index (χ3n) is 4.38. The highest BCUT2D eigenvalue weighted by Gasteiger charge is 2.41. The first-order chi connectivity index (χ1) is 8.25. The molecule has 2 unspecified atom stereocenters. The van der Waals surface area contributed by atoms with Gasteiger partial charge < -0.3 is 5.11 Å². The van der Waals surface area contributed by atoms with E-state index < -0.39 is 5.60 Å². The zero-order valence-corrected chi connectivity index (χ0v) is 10.3. The number of nitrogens with zero attached hydrogens (tertiary/aromatic N) is 1. The van der Waals surface area contributed by atoms with Crippen molar-refractivity contribution in [2.45, 2.75) is 50.5 Å². The molecule has 0 aromatic carbocycles. The van der Waals surface area contributed by atoms with Crippen LogP contribution in [0.15, 0.2) is 24.4 Å². The highest BCUT2D eigenvalue weighted by Crippen LogP contribution is 2.47. The summed E-state index contributed by atoms with van der Waals surface area (Å²) < 4.78 is 0. The molecule has 0 aliphatic heterocycles. The largest absolute Gasteiger partial charge is 0.389 e. The third-order valence-corrected chi connectivity index (χ3v) is 4.38. The van der Waals surface area contributed by atoms with Crippen molar-refractivity contribution in [3.8, 4) is 0 Å². The zero-order chi connectivity index (χ0) is 11.7. The van der Waals surface area contributed by atoms with Gasteiger partial charge in [-0.3, -0.25) is 4.98 Å². The van der Waals surface area contributed by atoms with Crippen molar-refractivity contribution in [2.75, 3.05) is 0 Å². The highest BCUT2D eigenvalue weighted by atomic mass is 16.3. The van der Waals surface area contributed by atoms with Crippen LogP contribution in [0.1, 0.15) is 44.2 Å². The molecular formula is C15H21NO. The van der Waals surface area contributed by atoms with Gasteiger partial charge in [0.15, 0.2) is 0 Å². The standard InChI is InChI=1S/C15H21NO/c17-15(11-14-5-1-2-9-16-14)8-3-4-13(10-15)12-6-7-12/h1-2,5,9,12-13,17H,3-4,6-8,10-11H2. The van der Waals surface area contributed by atoms with E-state index in [9.17, 15) is 5.11 Å². The summed E-state index contributed by atoms with van der Waals surface area (Å²) in [5, 5.41) is 10.7. The predicted octanol–water partition coefficient (Wildman–Crippen LogP) is 2.96. The van der Waals surface area contributed by atoms with Gasteiger partial charge in [-0.2, -0.15) is 0 Å². The Morgan fingerprint density at radius 1 is 1.24 bits per heavy atom. The lowest BCUT2D eigenvalue weighted by Crippen LogP contribution is -2.38. The van der Waals surface area contributed by atoms with E-state index in [-0.39, 0.29) is 0 Å². The lowest BCUT2D eigenvalue weighted by molar-refractivity contribution is -0.0202. The highest BCUT2D eigenvalue weighted by molar-refractivity contribution is 5.08. The molecule has 3 rings (SSSR count). The van der Waals surface area contributed by atoms with Gasteiger partial charge in [0.2, 0.25) is 0 Å². The van der Waals surface area contributed by atoms with Crippen LogP contribution >= 0.6 is 0 Å². The Kier molecular flexibility index (Phi) is 2.91. The SMILES string of the molecule is OC1(Cc2ccccn2)CCCC(C2CC2)C1. The lowest BCUT2D eigenvalue weighted by Gasteiger charge is -2.37. The van der Waals surface area contributed by atoms with Gasteiger partial charge in [0, 0.05) is 18.3 Å². The van der Waals surface area contributed by atoms with Gasteiger partial charge in [-0.1, -0.05) is 12.5 Å². The molecular weight excluding hydrogens is 210 g/mol. The monoisotopic (exact) mass is 231 g/mol. The molecule has 92 valence electrons. The van der Waals surface area contributed by atoms with Gasteiger partial charge in [0.1, 0.15) is 0 Å². The minimum Gasteiger partial charge on any atom is -0.389 e. The molecule has 1 N–H and O–H groups in total. The predicted molar refractivity (Wildman–Crippen MR) is 67.6 cm³/mol. The van der Waals surface area contributed by atoms with Gasteiger partial charge in [-0.05, 0) is 56.1 Å². The molecule has 2 heteroatoms. The fourth-order valence-corrected chi connectivity index (χ4v) is 3.36. The average molecular weight is 231 g/mol. The maximum Gasteiger partial charge on any atom is 0.0705 e. The fourth-order valence-electron chi connectivity index (χ4n) is 3.36. The summed E-state index contributed by atoms with van der Waals surface area (Å²) in [4.78, 5) is 4.34. The van der Waals surface area contributed by atoms with Crippen LogP contribution < -0.4 is 0 Å². The molecule has 0 radical (unpaired) electrons. The van der Waals surface area contributed by atoms with Gasteiger partial charge in [-0.25, -0.2) is 0 Å². The number of pyridine rings is 1. The number of aliphatic hydroxyl groups is 1. The first-order valence-corrected chi connectivity index (χ1v) is 6.87. The maximum absolute atomic E-state index is 10.7. The molecule has 2 fully saturated rings. The van der Waals surface area contributed by atoms with Crippen molar-refractivity contribution >= 4 is 0 Å². The summed E-state index contributed by atoms with van der Waals surface area (Å²) in [7, 11) is 0. The van der Waals surface area contributed by atoms with Crippen LogP contribution in [0.2, 0.25) is 0 Å².